The Balaban J connectivity index is 3.29. The smallest absolute Gasteiger partial charge is 0.310 e. The monoisotopic (exact) mass is 244 g/mol. The second kappa shape index (κ2) is 5.07. The number of benzene rings is 1. The van der Waals surface area contributed by atoms with Crippen LogP contribution in [0.1, 0.15) is 18.4 Å². The molecule has 5 heteroatoms. The Labute approximate surface area is 98.7 Å². The molecule has 0 aliphatic heterocycles. The van der Waals surface area contributed by atoms with Crippen molar-refractivity contribution in [2.24, 2.45) is 0 Å². The molecule has 4 nitrogen and oxygen atoms in total. The number of hydrogen-bond acceptors (Lipinski definition) is 3. The summed E-state index contributed by atoms with van der Waals surface area (Å²) in [4.78, 5) is 10.9. The second-order valence-corrected chi connectivity index (χ2v) is 3.64. The number of hydrogen-bond donors (Lipinski definition) is 1. The van der Waals surface area contributed by atoms with Crippen molar-refractivity contribution in [1.82, 2.24) is 0 Å². The van der Waals surface area contributed by atoms with Gasteiger partial charge in [-0.2, -0.15) is 0 Å². The number of methoxy groups -OCH3 is 2. The van der Waals surface area contributed by atoms with Crippen LogP contribution in [0.4, 0.5) is 0 Å². The highest BCUT2D eigenvalue weighted by Crippen LogP contribution is 2.39. The summed E-state index contributed by atoms with van der Waals surface area (Å²) in [7, 11) is 2.95. The Morgan fingerprint density at radius 3 is 2.44 bits per heavy atom. The van der Waals surface area contributed by atoms with E-state index in [1.54, 1.807) is 19.1 Å². The van der Waals surface area contributed by atoms with Crippen LogP contribution in [-0.4, -0.2) is 25.3 Å². The van der Waals surface area contributed by atoms with Crippen LogP contribution in [0.25, 0.3) is 0 Å². The van der Waals surface area contributed by atoms with E-state index < -0.39 is 11.9 Å². The molecular weight excluding hydrogens is 232 g/mol. The summed E-state index contributed by atoms with van der Waals surface area (Å²) >= 11 is 6.06. The van der Waals surface area contributed by atoms with Crippen molar-refractivity contribution >= 4 is 17.6 Å². The molecule has 0 aliphatic rings. The fourth-order valence-electron chi connectivity index (χ4n) is 1.37. The summed E-state index contributed by atoms with van der Waals surface area (Å²) in [6.45, 7) is 1.56. The van der Waals surface area contributed by atoms with E-state index in [2.05, 4.69) is 0 Å². The lowest BCUT2D eigenvalue weighted by molar-refractivity contribution is -0.138. The first-order valence-electron chi connectivity index (χ1n) is 4.66. The first-order chi connectivity index (χ1) is 7.52. The highest BCUT2D eigenvalue weighted by atomic mass is 35.5. The quantitative estimate of drug-likeness (QED) is 0.884. The predicted molar refractivity (Wildman–Crippen MR) is 60.6 cm³/mol. The van der Waals surface area contributed by atoms with E-state index in [4.69, 9.17) is 26.2 Å². The van der Waals surface area contributed by atoms with E-state index in [1.807, 2.05) is 0 Å². The molecule has 0 bridgehead atoms. The molecule has 1 unspecified atom stereocenters. The molecule has 0 heterocycles. The Kier molecular flexibility index (Phi) is 4.01. The molecule has 1 aromatic rings. The third-order valence-corrected chi connectivity index (χ3v) is 2.74. The Morgan fingerprint density at radius 2 is 2.00 bits per heavy atom. The highest BCUT2D eigenvalue weighted by molar-refractivity contribution is 6.33. The minimum absolute atomic E-state index is 0.275. The van der Waals surface area contributed by atoms with Gasteiger partial charge in [0.25, 0.3) is 0 Å². The number of ether oxygens (including phenoxy) is 2. The van der Waals surface area contributed by atoms with Gasteiger partial charge in [-0.3, -0.25) is 4.79 Å². The largest absolute Gasteiger partial charge is 0.493 e. The molecule has 0 amide bonds. The van der Waals surface area contributed by atoms with E-state index in [0.717, 1.165) is 0 Å². The number of carboxylic acid groups (broad SMARTS) is 1. The normalized spacial score (nSPS) is 12.0. The third kappa shape index (κ3) is 2.22. The minimum atomic E-state index is -0.936. The van der Waals surface area contributed by atoms with E-state index >= 15 is 0 Å². The number of halogens is 1. The predicted octanol–water partition coefficient (Wildman–Crippen LogP) is 2.55. The molecule has 0 aromatic heterocycles. The van der Waals surface area contributed by atoms with Gasteiger partial charge in [0.2, 0.25) is 0 Å². The Morgan fingerprint density at radius 1 is 1.38 bits per heavy atom. The molecule has 1 rings (SSSR count). The van der Waals surface area contributed by atoms with Crippen molar-refractivity contribution in [2.75, 3.05) is 14.2 Å². The Hall–Kier alpha value is -1.42. The number of carbonyl (C=O) groups is 1. The van der Waals surface area contributed by atoms with E-state index in [1.165, 1.54) is 14.2 Å². The van der Waals surface area contributed by atoms with Crippen LogP contribution >= 0.6 is 11.6 Å². The SMILES string of the molecule is COc1ccc(C(C)C(=O)O)c(Cl)c1OC. The van der Waals surface area contributed by atoms with Crippen molar-refractivity contribution in [3.63, 3.8) is 0 Å². The van der Waals surface area contributed by atoms with Gasteiger partial charge in [0.15, 0.2) is 11.5 Å². The summed E-state index contributed by atoms with van der Waals surface area (Å²) in [5.74, 6) is -0.787. The van der Waals surface area contributed by atoms with E-state index in [0.29, 0.717) is 17.1 Å². The zero-order valence-electron chi connectivity index (χ0n) is 9.28. The second-order valence-electron chi connectivity index (χ2n) is 3.26. The number of aliphatic carboxylic acids is 1. The fourth-order valence-corrected chi connectivity index (χ4v) is 1.77. The standard InChI is InChI=1S/C11H13ClO4/c1-6(11(13)14)7-4-5-8(15-2)10(16-3)9(7)12/h4-6H,1-3H3,(H,13,14). The molecule has 0 aliphatic carbocycles. The number of carboxylic acids is 1. The van der Waals surface area contributed by atoms with Crippen LogP contribution in [-0.2, 0) is 4.79 Å². The Bertz CT molecular complexity index is 403. The molecule has 0 saturated carbocycles. The van der Waals surface area contributed by atoms with Gasteiger partial charge in [-0.05, 0) is 18.6 Å². The minimum Gasteiger partial charge on any atom is -0.493 e. The van der Waals surface area contributed by atoms with Gasteiger partial charge >= 0.3 is 5.97 Å². The van der Waals surface area contributed by atoms with Crippen molar-refractivity contribution in [3.8, 4) is 11.5 Å². The lowest BCUT2D eigenvalue weighted by Crippen LogP contribution is -2.08. The van der Waals surface area contributed by atoms with Crippen LogP contribution in [0.15, 0.2) is 12.1 Å². The maximum absolute atomic E-state index is 10.9. The average molecular weight is 245 g/mol. The van der Waals surface area contributed by atoms with Gasteiger partial charge in [-0.15, -0.1) is 0 Å². The van der Waals surface area contributed by atoms with Crippen LogP contribution < -0.4 is 9.47 Å². The van der Waals surface area contributed by atoms with Gasteiger partial charge < -0.3 is 14.6 Å². The maximum atomic E-state index is 10.9. The third-order valence-electron chi connectivity index (χ3n) is 2.35. The van der Waals surface area contributed by atoms with E-state index in [9.17, 15) is 4.79 Å². The zero-order valence-corrected chi connectivity index (χ0v) is 10.0. The van der Waals surface area contributed by atoms with Crippen molar-refractivity contribution in [1.29, 1.82) is 0 Å². The molecule has 1 aromatic carbocycles. The van der Waals surface area contributed by atoms with E-state index in [-0.39, 0.29) is 5.02 Å². The number of rotatable bonds is 4. The van der Waals surface area contributed by atoms with Crippen LogP contribution in [0.2, 0.25) is 5.02 Å². The summed E-state index contributed by atoms with van der Waals surface area (Å²) in [5, 5.41) is 9.19. The van der Waals surface area contributed by atoms with Gasteiger partial charge in [-0.1, -0.05) is 17.7 Å². The van der Waals surface area contributed by atoms with Gasteiger partial charge in [0, 0.05) is 0 Å². The first-order valence-corrected chi connectivity index (χ1v) is 5.03. The van der Waals surface area contributed by atoms with Crippen molar-refractivity contribution in [2.45, 2.75) is 12.8 Å². The maximum Gasteiger partial charge on any atom is 0.310 e. The van der Waals surface area contributed by atoms with Crippen LogP contribution in [0.3, 0.4) is 0 Å². The average Bonchev–Trinajstić information content (AvgIpc) is 2.27. The highest BCUT2D eigenvalue weighted by Gasteiger charge is 2.21. The summed E-state index contributed by atoms with van der Waals surface area (Å²) in [6, 6.07) is 3.27. The lowest BCUT2D eigenvalue weighted by atomic mass is 10.0. The lowest BCUT2D eigenvalue weighted by Gasteiger charge is -2.14. The fraction of sp³-hybridized carbons (Fsp3) is 0.364. The van der Waals surface area contributed by atoms with Crippen molar-refractivity contribution in [3.05, 3.63) is 22.7 Å². The molecule has 0 radical (unpaired) electrons. The summed E-state index contributed by atoms with van der Waals surface area (Å²) in [5.41, 5.74) is 0.506. The summed E-state index contributed by atoms with van der Waals surface area (Å²) in [6.07, 6.45) is 0. The topological polar surface area (TPSA) is 55.8 Å². The zero-order chi connectivity index (χ0) is 12.3. The molecule has 0 saturated heterocycles. The van der Waals surface area contributed by atoms with Gasteiger partial charge in [0.1, 0.15) is 0 Å². The summed E-state index contributed by atoms with van der Waals surface area (Å²) < 4.78 is 10.1. The van der Waals surface area contributed by atoms with Crippen LogP contribution in [0.5, 0.6) is 11.5 Å². The molecule has 0 spiro atoms. The molecule has 1 atom stereocenters. The van der Waals surface area contributed by atoms with Gasteiger partial charge in [-0.25, -0.2) is 0 Å². The molecule has 88 valence electrons. The van der Waals surface area contributed by atoms with Gasteiger partial charge in [0.05, 0.1) is 25.2 Å². The molecule has 0 fully saturated rings. The van der Waals surface area contributed by atoms with Crippen molar-refractivity contribution < 1.29 is 19.4 Å². The van der Waals surface area contributed by atoms with Crippen LogP contribution in [0, 0.1) is 0 Å². The molecule has 1 N–H and O–H groups in total. The molecule has 16 heavy (non-hydrogen) atoms. The first kappa shape index (κ1) is 12.6. The molecular formula is C11H13ClO4.